The molecule has 0 unspecified atom stereocenters. The molecule has 3 aromatic rings. The largest absolute Gasteiger partial charge is 0.436 e. The number of oxazole rings is 1. The van der Waals surface area contributed by atoms with Crippen molar-refractivity contribution >= 4 is 16.8 Å². The third-order valence-corrected chi connectivity index (χ3v) is 2.84. The highest BCUT2D eigenvalue weighted by Gasteiger charge is 2.11. The van der Waals surface area contributed by atoms with Crippen molar-refractivity contribution in [1.82, 2.24) is 4.98 Å². The quantitative estimate of drug-likeness (QED) is 0.523. The van der Waals surface area contributed by atoms with Crippen LogP contribution in [-0.4, -0.2) is 9.91 Å². The lowest BCUT2D eigenvalue weighted by molar-refractivity contribution is -0.384. The molecule has 0 bridgehead atoms. The van der Waals surface area contributed by atoms with E-state index in [2.05, 4.69) is 4.98 Å². The minimum atomic E-state index is -0.463. The molecular weight excluding hydrogens is 258 g/mol. The van der Waals surface area contributed by atoms with Crippen molar-refractivity contribution in [2.75, 3.05) is 0 Å². The molecule has 0 saturated heterocycles. The summed E-state index contributed by atoms with van der Waals surface area (Å²) in [6, 6.07) is 12.9. The fourth-order valence-electron chi connectivity index (χ4n) is 1.85. The molecule has 1 aromatic heterocycles. The highest BCUT2D eigenvalue weighted by Crippen LogP contribution is 2.26. The van der Waals surface area contributed by atoms with Gasteiger partial charge < -0.3 is 4.42 Å². The van der Waals surface area contributed by atoms with Crippen molar-refractivity contribution in [2.45, 2.75) is 0 Å². The Hall–Kier alpha value is -3.20. The van der Waals surface area contributed by atoms with Crippen LogP contribution in [0.5, 0.6) is 0 Å². The van der Waals surface area contributed by atoms with Crippen LogP contribution in [0.25, 0.3) is 22.6 Å². The monoisotopic (exact) mass is 265 g/mol. The maximum atomic E-state index is 10.6. The van der Waals surface area contributed by atoms with Crippen LogP contribution < -0.4 is 0 Å². The van der Waals surface area contributed by atoms with Gasteiger partial charge >= 0.3 is 0 Å². The summed E-state index contributed by atoms with van der Waals surface area (Å²) in [6.07, 6.45) is 0. The number of benzene rings is 2. The Balaban J connectivity index is 2.05. The molecule has 0 N–H and O–H groups in total. The Morgan fingerprint density at radius 2 is 1.95 bits per heavy atom. The van der Waals surface area contributed by atoms with Crippen LogP contribution in [-0.2, 0) is 0 Å². The van der Waals surface area contributed by atoms with Crippen LogP contribution >= 0.6 is 0 Å². The summed E-state index contributed by atoms with van der Waals surface area (Å²) >= 11 is 0. The zero-order valence-corrected chi connectivity index (χ0v) is 10.1. The van der Waals surface area contributed by atoms with Crippen LogP contribution in [0.15, 0.2) is 46.9 Å². The Morgan fingerprint density at radius 1 is 1.20 bits per heavy atom. The fourth-order valence-corrected chi connectivity index (χ4v) is 1.85. The molecule has 0 spiro atoms. The molecule has 96 valence electrons. The van der Waals surface area contributed by atoms with E-state index in [-0.39, 0.29) is 5.69 Å². The molecule has 20 heavy (non-hydrogen) atoms. The Labute approximate surface area is 113 Å². The molecule has 3 rings (SSSR count). The average molecular weight is 265 g/mol. The van der Waals surface area contributed by atoms with Gasteiger partial charge in [0, 0.05) is 17.7 Å². The minimum absolute atomic E-state index is 0.0108. The van der Waals surface area contributed by atoms with Gasteiger partial charge in [-0.15, -0.1) is 0 Å². The molecule has 0 aliphatic rings. The Kier molecular flexibility index (Phi) is 2.66. The standard InChI is InChI=1S/C14H7N3O3/c15-8-9-1-6-13-12(7-9)16-14(20-13)10-2-4-11(5-3-10)17(18)19/h1-7H. The summed E-state index contributed by atoms with van der Waals surface area (Å²) in [4.78, 5) is 14.4. The van der Waals surface area contributed by atoms with Gasteiger partial charge in [0.25, 0.3) is 5.69 Å². The molecule has 2 aromatic carbocycles. The van der Waals surface area contributed by atoms with E-state index in [1.807, 2.05) is 6.07 Å². The lowest BCUT2D eigenvalue weighted by atomic mass is 10.2. The van der Waals surface area contributed by atoms with Gasteiger partial charge in [-0.25, -0.2) is 4.98 Å². The van der Waals surface area contributed by atoms with Crippen LogP contribution in [0.3, 0.4) is 0 Å². The van der Waals surface area contributed by atoms with Gasteiger partial charge in [-0.05, 0) is 30.3 Å². The van der Waals surface area contributed by atoms with Crippen LogP contribution in [0.1, 0.15) is 5.56 Å². The molecule has 6 nitrogen and oxygen atoms in total. The molecule has 0 fully saturated rings. The van der Waals surface area contributed by atoms with Crippen molar-refractivity contribution in [1.29, 1.82) is 5.26 Å². The maximum Gasteiger partial charge on any atom is 0.269 e. The summed E-state index contributed by atoms with van der Waals surface area (Å²) < 4.78 is 5.56. The number of fused-ring (bicyclic) bond motifs is 1. The van der Waals surface area contributed by atoms with Gasteiger partial charge in [-0.1, -0.05) is 0 Å². The molecule has 0 aliphatic carbocycles. The molecule has 0 atom stereocenters. The summed E-state index contributed by atoms with van der Waals surface area (Å²) in [5.41, 5.74) is 2.30. The number of nitriles is 1. The van der Waals surface area contributed by atoms with Gasteiger partial charge in [0.1, 0.15) is 5.52 Å². The lowest BCUT2D eigenvalue weighted by Gasteiger charge is -1.94. The molecular formula is C14H7N3O3. The van der Waals surface area contributed by atoms with E-state index in [1.165, 1.54) is 12.1 Å². The fraction of sp³-hybridized carbons (Fsp3) is 0. The average Bonchev–Trinajstić information content (AvgIpc) is 2.90. The predicted molar refractivity (Wildman–Crippen MR) is 70.8 cm³/mol. The SMILES string of the molecule is N#Cc1ccc2oc(-c3ccc([N+](=O)[O-])cc3)nc2c1. The first kappa shape index (κ1) is 11.9. The van der Waals surface area contributed by atoms with E-state index >= 15 is 0 Å². The number of rotatable bonds is 2. The van der Waals surface area contributed by atoms with E-state index in [0.29, 0.717) is 28.1 Å². The first-order valence-corrected chi connectivity index (χ1v) is 5.73. The zero-order valence-electron chi connectivity index (χ0n) is 10.1. The summed E-state index contributed by atoms with van der Waals surface area (Å²) in [6.45, 7) is 0. The first-order chi connectivity index (χ1) is 9.67. The van der Waals surface area contributed by atoms with Crippen LogP contribution in [0.2, 0.25) is 0 Å². The van der Waals surface area contributed by atoms with Crippen molar-refractivity contribution in [3.05, 3.63) is 58.1 Å². The number of nitrogens with zero attached hydrogens (tertiary/aromatic N) is 3. The highest BCUT2D eigenvalue weighted by atomic mass is 16.6. The van der Waals surface area contributed by atoms with E-state index in [9.17, 15) is 10.1 Å². The summed E-state index contributed by atoms with van der Waals surface area (Å²) in [5.74, 6) is 0.366. The van der Waals surface area contributed by atoms with E-state index in [1.54, 1.807) is 30.3 Å². The summed E-state index contributed by atoms with van der Waals surface area (Å²) in [5, 5.41) is 19.4. The second-order valence-electron chi connectivity index (χ2n) is 4.12. The summed E-state index contributed by atoms with van der Waals surface area (Å²) in [7, 11) is 0. The van der Waals surface area contributed by atoms with Crippen LogP contribution in [0, 0.1) is 21.4 Å². The maximum absolute atomic E-state index is 10.6. The Bertz CT molecular complexity index is 844. The second-order valence-corrected chi connectivity index (χ2v) is 4.12. The highest BCUT2D eigenvalue weighted by molar-refractivity contribution is 5.77. The molecule has 0 aliphatic heterocycles. The third-order valence-electron chi connectivity index (χ3n) is 2.84. The molecule has 0 saturated carbocycles. The molecule has 1 heterocycles. The topological polar surface area (TPSA) is 93.0 Å². The first-order valence-electron chi connectivity index (χ1n) is 5.73. The van der Waals surface area contributed by atoms with Gasteiger partial charge in [0.2, 0.25) is 5.89 Å². The normalized spacial score (nSPS) is 10.3. The van der Waals surface area contributed by atoms with E-state index < -0.39 is 4.92 Å². The van der Waals surface area contributed by atoms with Gasteiger partial charge in [0.15, 0.2) is 5.58 Å². The minimum Gasteiger partial charge on any atom is -0.436 e. The molecule has 0 amide bonds. The number of non-ortho nitro benzene ring substituents is 1. The second kappa shape index (κ2) is 4.48. The van der Waals surface area contributed by atoms with Crippen molar-refractivity contribution in [3.63, 3.8) is 0 Å². The van der Waals surface area contributed by atoms with Crippen LogP contribution in [0.4, 0.5) is 5.69 Å². The lowest BCUT2D eigenvalue weighted by Crippen LogP contribution is -1.87. The van der Waals surface area contributed by atoms with E-state index in [4.69, 9.17) is 9.68 Å². The molecule has 6 heteroatoms. The van der Waals surface area contributed by atoms with Crippen molar-refractivity contribution < 1.29 is 9.34 Å². The van der Waals surface area contributed by atoms with E-state index in [0.717, 1.165) is 0 Å². The third kappa shape index (κ3) is 1.97. The number of hydrogen-bond donors (Lipinski definition) is 0. The van der Waals surface area contributed by atoms with Crippen molar-refractivity contribution in [3.8, 4) is 17.5 Å². The Morgan fingerprint density at radius 3 is 2.60 bits per heavy atom. The predicted octanol–water partition coefficient (Wildman–Crippen LogP) is 3.27. The number of nitro benzene ring substituents is 1. The smallest absolute Gasteiger partial charge is 0.269 e. The van der Waals surface area contributed by atoms with Gasteiger partial charge in [-0.3, -0.25) is 10.1 Å². The number of aromatic nitrogens is 1. The number of hydrogen-bond acceptors (Lipinski definition) is 5. The van der Waals surface area contributed by atoms with Gasteiger partial charge in [0.05, 0.1) is 16.6 Å². The van der Waals surface area contributed by atoms with Crippen molar-refractivity contribution in [2.24, 2.45) is 0 Å². The zero-order chi connectivity index (χ0) is 14.1. The number of nitro groups is 1. The van der Waals surface area contributed by atoms with Gasteiger partial charge in [-0.2, -0.15) is 5.26 Å². The molecule has 0 radical (unpaired) electrons.